The summed E-state index contributed by atoms with van der Waals surface area (Å²) in [4.78, 5) is 23.9. The molecule has 1 saturated carbocycles. The van der Waals surface area contributed by atoms with Gasteiger partial charge in [0, 0.05) is 11.8 Å². The van der Waals surface area contributed by atoms with Gasteiger partial charge in [0.25, 0.3) is 0 Å². The Morgan fingerprint density at radius 3 is 2.76 bits per heavy atom. The van der Waals surface area contributed by atoms with Crippen LogP contribution in [0.1, 0.15) is 13.3 Å². The topological polar surface area (TPSA) is 113 Å². The second kappa shape index (κ2) is 3.66. The Hall–Kier alpha value is -1.44. The highest BCUT2D eigenvalue weighted by atomic mass is 16.6. The van der Waals surface area contributed by atoms with Crippen LogP contribution >= 0.6 is 0 Å². The van der Waals surface area contributed by atoms with Crippen molar-refractivity contribution < 1.29 is 34.4 Å². The predicted molar refractivity (Wildman–Crippen MR) is 65.6 cm³/mol. The van der Waals surface area contributed by atoms with E-state index in [0.717, 1.165) is 0 Å². The van der Waals surface area contributed by atoms with Crippen molar-refractivity contribution in [1.82, 2.24) is 0 Å². The van der Waals surface area contributed by atoms with Crippen LogP contribution in [0.4, 0.5) is 0 Å². The minimum atomic E-state index is -1.92. The summed E-state index contributed by atoms with van der Waals surface area (Å²) in [5.41, 5.74) is -2.38. The number of ether oxygens (including phenoxy) is 2. The number of cyclic esters (lactones) is 1. The quantitative estimate of drug-likeness (QED) is 0.368. The Bertz CT molecular complexity index is 584. The van der Waals surface area contributed by atoms with Crippen LogP contribution in [0.2, 0.25) is 0 Å². The molecule has 3 fully saturated rings. The summed E-state index contributed by atoms with van der Waals surface area (Å²) in [6.45, 7) is 1.71. The average molecular weight is 296 g/mol. The van der Waals surface area contributed by atoms with Gasteiger partial charge in [0.05, 0.1) is 12.0 Å². The summed E-state index contributed by atoms with van der Waals surface area (Å²) in [7, 11) is 0. The van der Waals surface area contributed by atoms with Crippen molar-refractivity contribution in [2.45, 2.75) is 37.3 Å². The van der Waals surface area contributed by atoms with E-state index in [0.29, 0.717) is 5.57 Å². The van der Waals surface area contributed by atoms with Gasteiger partial charge in [-0.1, -0.05) is 18.6 Å². The van der Waals surface area contributed by atoms with E-state index in [1.165, 1.54) is 0 Å². The molecule has 0 aromatic carbocycles. The maximum atomic E-state index is 12.0. The fourth-order valence-corrected chi connectivity index (χ4v) is 4.55. The molecule has 2 saturated heterocycles. The van der Waals surface area contributed by atoms with Gasteiger partial charge in [-0.05, 0) is 5.92 Å². The molecule has 0 aromatic heterocycles. The zero-order chi connectivity index (χ0) is 15.2. The summed E-state index contributed by atoms with van der Waals surface area (Å²) in [6, 6.07) is 0. The molecule has 7 atom stereocenters. The molecule has 3 N–H and O–H groups in total. The van der Waals surface area contributed by atoms with E-state index in [2.05, 4.69) is 0 Å². The van der Waals surface area contributed by atoms with E-state index < -0.39 is 53.1 Å². The van der Waals surface area contributed by atoms with Crippen molar-refractivity contribution in [1.29, 1.82) is 0 Å². The van der Waals surface area contributed by atoms with Crippen LogP contribution in [-0.2, 0) is 19.1 Å². The fraction of sp³-hybridized carbons (Fsp3) is 0.714. The maximum Gasteiger partial charge on any atom is 0.342 e. The number of hydrogen-bond donors (Lipinski definition) is 3. The molecular weight excluding hydrogens is 280 g/mol. The van der Waals surface area contributed by atoms with Gasteiger partial charge in [0.15, 0.2) is 6.10 Å². The number of fused-ring (bicyclic) bond motifs is 4. The smallest absolute Gasteiger partial charge is 0.342 e. The second-order valence-corrected chi connectivity index (χ2v) is 6.45. The van der Waals surface area contributed by atoms with Gasteiger partial charge in [-0.15, -0.1) is 0 Å². The fourth-order valence-electron chi connectivity index (χ4n) is 4.55. The molecule has 2 aliphatic heterocycles. The van der Waals surface area contributed by atoms with Crippen LogP contribution in [0.15, 0.2) is 11.6 Å². The summed E-state index contributed by atoms with van der Waals surface area (Å²) in [5, 5.41) is 31.3. The highest BCUT2D eigenvalue weighted by molar-refractivity contribution is 5.87. The zero-order valence-electron chi connectivity index (χ0n) is 11.4. The van der Waals surface area contributed by atoms with Crippen LogP contribution in [0, 0.1) is 17.3 Å². The van der Waals surface area contributed by atoms with E-state index in [1.807, 2.05) is 0 Å². The first kappa shape index (κ1) is 13.2. The molecule has 0 unspecified atom stereocenters. The van der Waals surface area contributed by atoms with Gasteiger partial charge in [-0.2, -0.15) is 0 Å². The second-order valence-electron chi connectivity index (χ2n) is 6.45. The molecule has 2 aliphatic carbocycles. The van der Waals surface area contributed by atoms with E-state index in [4.69, 9.17) is 9.47 Å². The van der Waals surface area contributed by atoms with Crippen LogP contribution in [-0.4, -0.2) is 57.8 Å². The third-order valence-corrected chi connectivity index (χ3v) is 5.81. The van der Waals surface area contributed by atoms with Crippen LogP contribution < -0.4 is 0 Å². The average Bonchev–Trinajstić information content (AvgIpc) is 2.87. The minimum Gasteiger partial charge on any atom is -0.463 e. The lowest BCUT2D eigenvalue weighted by molar-refractivity contribution is -0.224. The van der Waals surface area contributed by atoms with Gasteiger partial charge >= 0.3 is 11.9 Å². The number of carbonyl (C=O) groups excluding carboxylic acids is 2. The zero-order valence-corrected chi connectivity index (χ0v) is 11.4. The largest absolute Gasteiger partial charge is 0.463 e. The summed E-state index contributed by atoms with van der Waals surface area (Å²) in [5.74, 6) is -2.79. The molecule has 0 radical (unpaired) electrons. The molecule has 2 heterocycles. The number of hydrogen-bond acceptors (Lipinski definition) is 7. The van der Waals surface area contributed by atoms with Crippen molar-refractivity contribution >= 4 is 11.9 Å². The molecule has 4 aliphatic rings. The third-order valence-electron chi connectivity index (χ3n) is 5.81. The summed E-state index contributed by atoms with van der Waals surface area (Å²) < 4.78 is 10.1. The molecule has 1 spiro atoms. The van der Waals surface area contributed by atoms with Crippen LogP contribution in [0.5, 0.6) is 0 Å². The molecule has 7 nitrogen and oxygen atoms in total. The predicted octanol–water partition coefficient (Wildman–Crippen LogP) is -1.50. The SMILES string of the molecule is C[C@H]1[C@@H](O)C=C2[C@@H]3COC(=O)[C@]3(O)[C@H]3C[C@]21[C@H](O)C(=O)O3. The van der Waals surface area contributed by atoms with Gasteiger partial charge in [0.2, 0.25) is 5.60 Å². The number of esters is 2. The maximum absolute atomic E-state index is 12.0. The summed E-state index contributed by atoms with van der Waals surface area (Å²) >= 11 is 0. The lowest BCUT2D eigenvalue weighted by atomic mass is 9.54. The Balaban J connectivity index is 1.94. The van der Waals surface area contributed by atoms with E-state index in [1.54, 1.807) is 13.0 Å². The first-order valence-electron chi connectivity index (χ1n) is 7.02. The molecule has 7 heteroatoms. The van der Waals surface area contributed by atoms with Crippen molar-refractivity contribution in [3.63, 3.8) is 0 Å². The molecule has 0 amide bonds. The van der Waals surface area contributed by atoms with Gasteiger partial charge < -0.3 is 24.8 Å². The summed E-state index contributed by atoms with van der Waals surface area (Å²) in [6.07, 6.45) is -1.67. The highest BCUT2D eigenvalue weighted by Crippen LogP contribution is 2.62. The van der Waals surface area contributed by atoms with Gasteiger partial charge in [-0.25, -0.2) is 9.59 Å². The normalized spacial score (nSPS) is 54.5. The third kappa shape index (κ3) is 1.22. The van der Waals surface area contributed by atoms with E-state index in [-0.39, 0.29) is 13.0 Å². The van der Waals surface area contributed by atoms with Crippen LogP contribution in [0.25, 0.3) is 0 Å². The van der Waals surface area contributed by atoms with Crippen molar-refractivity contribution in [2.24, 2.45) is 17.3 Å². The Morgan fingerprint density at radius 1 is 1.33 bits per heavy atom. The van der Waals surface area contributed by atoms with Crippen LogP contribution in [0.3, 0.4) is 0 Å². The van der Waals surface area contributed by atoms with Crippen molar-refractivity contribution in [2.75, 3.05) is 6.61 Å². The Morgan fingerprint density at radius 2 is 2.05 bits per heavy atom. The lowest BCUT2D eigenvalue weighted by Crippen LogP contribution is -2.68. The number of aliphatic hydroxyl groups excluding tert-OH is 2. The Labute approximate surface area is 120 Å². The van der Waals surface area contributed by atoms with E-state index in [9.17, 15) is 24.9 Å². The molecule has 2 bridgehead atoms. The Kier molecular flexibility index (Phi) is 2.31. The van der Waals surface area contributed by atoms with E-state index >= 15 is 0 Å². The van der Waals surface area contributed by atoms with Crippen molar-refractivity contribution in [3.05, 3.63) is 11.6 Å². The lowest BCUT2D eigenvalue weighted by Gasteiger charge is -2.54. The van der Waals surface area contributed by atoms with Gasteiger partial charge in [-0.3, -0.25) is 0 Å². The monoisotopic (exact) mass is 296 g/mol. The molecule has 21 heavy (non-hydrogen) atoms. The minimum absolute atomic E-state index is 0.0386. The molecule has 0 aromatic rings. The first-order valence-corrected chi connectivity index (χ1v) is 7.02. The molecular formula is C14H16O7. The highest BCUT2D eigenvalue weighted by Gasteiger charge is 2.73. The number of rotatable bonds is 0. The standard InChI is InChI=1S/C14H16O7/c1-5-8(15)2-6-7-4-20-12(18)14(7,19)9-3-13(5,6)10(16)11(17)21-9/h2,5,7-10,15-16,19H,3-4H2,1H3/t5-,7-,8-,9+,10+,13+,14+/m0/s1. The van der Waals surface area contributed by atoms with Crippen molar-refractivity contribution in [3.8, 4) is 0 Å². The molecule has 114 valence electrons. The molecule has 4 rings (SSSR count). The number of aliphatic hydroxyl groups is 3. The van der Waals surface area contributed by atoms with Gasteiger partial charge in [0.1, 0.15) is 12.7 Å². The number of carbonyl (C=O) groups is 2. The first-order chi connectivity index (χ1) is 9.83.